The van der Waals surface area contributed by atoms with E-state index in [1.165, 1.54) is 4.90 Å². The lowest BCUT2D eigenvalue weighted by Gasteiger charge is -2.45. The number of likely N-dealkylation sites (tertiary alicyclic amines) is 1. The second-order valence-corrected chi connectivity index (χ2v) is 15.2. The second kappa shape index (κ2) is 12.5. The highest BCUT2D eigenvalue weighted by Gasteiger charge is 2.53. The highest BCUT2D eigenvalue weighted by Crippen LogP contribution is 2.39. The van der Waals surface area contributed by atoms with Crippen LogP contribution in [0.25, 0.3) is 0 Å². The maximum absolute atomic E-state index is 12.3. The Hall–Kier alpha value is -3.62. The summed E-state index contributed by atoms with van der Waals surface area (Å²) in [5.41, 5.74) is 0.902. The molecule has 206 valence electrons. The van der Waals surface area contributed by atoms with E-state index in [1.807, 2.05) is 66.7 Å². The van der Waals surface area contributed by atoms with E-state index in [2.05, 4.69) is 50.4 Å². The molecule has 1 fully saturated rings. The number of alkyl carbamates (subject to hydrolysis) is 1. The summed E-state index contributed by atoms with van der Waals surface area (Å²) in [6.45, 7) is 7.48. The predicted molar refractivity (Wildman–Crippen MR) is 155 cm³/mol. The minimum atomic E-state index is -2.86. The lowest BCUT2D eigenvalue weighted by atomic mass is 10.1. The summed E-state index contributed by atoms with van der Waals surface area (Å²) in [6.07, 6.45) is -0.784. The number of hydrogen-bond acceptors (Lipinski definition) is 4. The average molecular weight is 547 g/mol. The first kappa shape index (κ1) is 28.4. The van der Waals surface area contributed by atoms with Crippen LogP contribution in [0.4, 0.5) is 9.59 Å². The van der Waals surface area contributed by atoms with Gasteiger partial charge in [-0.3, -0.25) is 0 Å². The number of carbonyl (C=O) groups is 2. The van der Waals surface area contributed by atoms with Crippen molar-refractivity contribution in [1.82, 2.24) is 10.2 Å². The van der Waals surface area contributed by atoms with Crippen molar-refractivity contribution in [3.63, 3.8) is 0 Å². The molecule has 2 atom stereocenters. The molecule has 1 heterocycles. The van der Waals surface area contributed by atoms with Gasteiger partial charge in [-0.25, -0.2) is 9.59 Å². The molecule has 3 aromatic rings. The number of amides is 2. The number of nitrogens with one attached hydrogen (secondary N) is 1. The Balaban J connectivity index is 1.54. The van der Waals surface area contributed by atoms with Gasteiger partial charge in [0.2, 0.25) is 0 Å². The minimum absolute atomic E-state index is 0.178. The van der Waals surface area contributed by atoms with Gasteiger partial charge >= 0.3 is 12.2 Å². The second-order valence-electron chi connectivity index (χ2n) is 10.9. The van der Waals surface area contributed by atoms with Gasteiger partial charge in [0.15, 0.2) is 0 Å². The summed E-state index contributed by atoms with van der Waals surface area (Å²) in [6, 6.07) is 29.8. The van der Waals surface area contributed by atoms with E-state index in [0.29, 0.717) is 19.4 Å². The number of carbonyl (C=O) groups excluding carboxylic acids is 1. The average Bonchev–Trinajstić information content (AvgIpc) is 3.34. The zero-order valence-electron chi connectivity index (χ0n) is 22.9. The Morgan fingerprint density at radius 2 is 1.46 bits per heavy atom. The standard InChI is InChI=1S/C31H38N2O5Si/c1-31(2,3)39(25-15-9-5-10-16-25,26-17-11-6-12-18-26)38-28-20-22-33(30(35)36)27(28)19-21-32-29(34)37-23-24-13-7-4-8-14-24/h4-18,27-28H,19-23H2,1-3H3,(H,32,34)(H,35,36)/t27-,28+/m1/s1. The summed E-state index contributed by atoms with van der Waals surface area (Å²) >= 11 is 0. The van der Waals surface area contributed by atoms with Crippen molar-refractivity contribution in [3.05, 3.63) is 96.6 Å². The predicted octanol–water partition coefficient (Wildman–Crippen LogP) is 5.00. The third-order valence-electron chi connectivity index (χ3n) is 7.40. The zero-order chi connectivity index (χ0) is 27.9. The van der Waals surface area contributed by atoms with Crippen molar-refractivity contribution in [2.75, 3.05) is 13.1 Å². The molecule has 8 heteroatoms. The summed E-state index contributed by atoms with van der Waals surface area (Å²) in [4.78, 5) is 26.0. The molecular weight excluding hydrogens is 508 g/mol. The maximum Gasteiger partial charge on any atom is 0.407 e. The molecule has 1 saturated heterocycles. The normalized spacial score (nSPS) is 17.6. The SMILES string of the molecule is CC(C)(C)[Si](O[C@H]1CCN(C(=O)O)[C@@H]1CCNC(=O)OCc1ccccc1)(c1ccccc1)c1ccccc1. The lowest BCUT2D eigenvalue weighted by Crippen LogP contribution is -2.68. The number of nitrogens with zero attached hydrogens (tertiary/aromatic N) is 1. The smallest absolute Gasteiger partial charge is 0.407 e. The van der Waals surface area contributed by atoms with Crippen molar-refractivity contribution in [3.8, 4) is 0 Å². The van der Waals surface area contributed by atoms with E-state index in [9.17, 15) is 14.7 Å². The van der Waals surface area contributed by atoms with Crippen LogP contribution in [-0.4, -0.2) is 55.7 Å². The quantitative estimate of drug-likeness (QED) is 0.369. The van der Waals surface area contributed by atoms with Gasteiger partial charge < -0.3 is 24.5 Å². The third kappa shape index (κ3) is 6.51. The fraction of sp³-hybridized carbons (Fsp3) is 0.355. The van der Waals surface area contributed by atoms with E-state index in [-0.39, 0.29) is 24.3 Å². The molecule has 2 amide bonds. The molecule has 0 radical (unpaired) electrons. The first-order valence-electron chi connectivity index (χ1n) is 13.5. The molecule has 3 aromatic carbocycles. The van der Waals surface area contributed by atoms with Gasteiger partial charge in [0.1, 0.15) is 6.61 Å². The summed E-state index contributed by atoms with van der Waals surface area (Å²) in [7, 11) is -2.86. The minimum Gasteiger partial charge on any atom is -0.465 e. The third-order valence-corrected chi connectivity index (χ3v) is 12.5. The van der Waals surface area contributed by atoms with Crippen LogP contribution in [0.2, 0.25) is 5.04 Å². The first-order valence-corrected chi connectivity index (χ1v) is 15.4. The van der Waals surface area contributed by atoms with Crippen LogP contribution in [0.3, 0.4) is 0 Å². The topological polar surface area (TPSA) is 88.1 Å². The Bertz CT molecular complexity index is 1180. The van der Waals surface area contributed by atoms with Gasteiger partial charge in [0.05, 0.1) is 12.1 Å². The van der Waals surface area contributed by atoms with Crippen molar-refractivity contribution < 1.29 is 23.9 Å². The van der Waals surface area contributed by atoms with Crippen molar-refractivity contribution in [2.45, 2.75) is 57.4 Å². The molecule has 0 spiro atoms. The van der Waals surface area contributed by atoms with Crippen LogP contribution in [0, 0.1) is 0 Å². The van der Waals surface area contributed by atoms with Crippen LogP contribution in [0.5, 0.6) is 0 Å². The van der Waals surface area contributed by atoms with E-state index in [4.69, 9.17) is 9.16 Å². The fourth-order valence-corrected chi connectivity index (χ4v) is 10.3. The zero-order valence-corrected chi connectivity index (χ0v) is 23.9. The summed E-state index contributed by atoms with van der Waals surface area (Å²) in [5, 5.41) is 14.9. The Labute approximate surface area is 231 Å². The molecule has 0 bridgehead atoms. The number of ether oxygens (including phenoxy) is 1. The van der Waals surface area contributed by atoms with E-state index in [1.54, 1.807) is 0 Å². The van der Waals surface area contributed by atoms with Crippen LogP contribution >= 0.6 is 0 Å². The van der Waals surface area contributed by atoms with Gasteiger partial charge in [-0.05, 0) is 33.8 Å². The summed E-state index contributed by atoms with van der Waals surface area (Å²) < 4.78 is 12.6. The molecule has 1 aliphatic heterocycles. The monoisotopic (exact) mass is 546 g/mol. The van der Waals surface area contributed by atoms with Crippen molar-refractivity contribution in [2.24, 2.45) is 0 Å². The largest absolute Gasteiger partial charge is 0.465 e. The molecule has 2 N–H and O–H groups in total. The van der Waals surface area contributed by atoms with Gasteiger partial charge in [-0.2, -0.15) is 0 Å². The van der Waals surface area contributed by atoms with Crippen LogP contribution < -0.4 is 15.7 Å². The number of hydrogen-bond donors (Lipinski definition) is 2. The van der Waals surface area contributed by atoms with E-state index in [0.717, 1.165) is 15.9 Å². The molecule has 0 aromatic heterocycles. The van der Waals surface area contributed by atoms with Gasteiger partial charge in [0, 0.05) is 13.1 Å². The van der Waals surface area contributed by atoms with E-state index < -0.39 is 26.5 Å². The van der Waals surface area contributed by atoms with Gasteiger partial charge in [0.25, 0.3) is 8.32 Å². The number of carboxylic acid groups (broad SMARTS) is 1. The van der Waals surface area contributed by atoms with Crippen LogP contribution in [-0.2, 0) is 15.8 Å². The summed E-state index contributed by atoms with van der Waals surface area (Å²) in [5.74, 6) is 0. The van der Waals surface area contributed by atoms with Gasteiger partial charge in [-0.1, -0.05) is 112 Å². The molecular formula is C31H38N2O5Si. The molecule has 4 rings (SSSR count). The molecule has 0 aliphatic carbocycles. The molecule has 0 saturated carbocycles. The van der Waals surface area contributed by atoms with Crippen molar-refractivity contribution in [1.29, 1.82) is 0 Å². The van der Waals surface area contributed by atoms with E-state index >= 15 is 0 Å². The molecule has 7 nitrogen and oxygen atoms in total. The van der Waals surface area contributed by atoms with Crippen molar-refractivity contribution >= 4 is 30.9 Å². The molecule has 0 unspecified atom stereocenters. The Morgan fingerprint density at radius 1 is 0.923 bits per heavy atom. The Morgan fingerprint density at radius 3 is 1.97 bits per heavy atom. The number of rotatable bonds is 9. The van der Waals surface area contributed by atoms with Crippen LogP contribution in [0.1, 0.15) is 39.2 Å². The first-order chi connectivity index (χ1) is 18.7. The van der Waals surface area contributed by atoms with Gasteiger partial charge in [-0.15, -0.1) is 0 Å². The highest BCUT2D eigenvalue weighted by molar-refractivity contribution is 6.99. The highest BCUT2D eigenvalue weighted by atomic mass is 28.4. The number of benzene rings is 3. The maximum atomic E-state index is 12.3. The molecule has 39 heavy (non-hydrogen) atoms. The fourth-order valence-electron chi connectivity index (χ4n) is 5.56. The van der Waals surface area contributed by atoms with Crippen LogP contribution in [0.15, 0.2) is 91.0 Å². The Kier molecular flexibility index (Phi) is 9.09. The lowest BCUT2D eigenvalue weighted by molar-refractivity contribution is 0.101. The molecule has 1 aliphatic rings.